The Morgan fingerprint density at radius 3 is 2.79 bits per heavy atom. The smallest absolute Gasteiger partial charge is 0.308 e. The van der Waals surface area contributed by atoms with Crippen LogP contribution in [0.5, 0.6) is 5.75 Å². The molecule has 3 nitrogen and oxygen atoms in total. The minimum Gasteiger partial charge on any atom is -0.426 e. The second kappa shape index (κ2) is 4.46. The summed E-state index contributed by atoms with van der Waals surface area (Å²) in [6.45, 7) is 5.05. The minimum atomic E-state index is -0.332. The van der Waals surface area contributed by atoms with Gasteiger partial charge in [0.25, 0.3) is 0 Å². The Hall–Kier alpha value is -1.77. The van der Waals surface area contributed by atoms with E-state index in [0.29, 0.717) is 5.75 Å². The van der Waals surface area contributed by atoms with Crippen molar-refractivity contribution in [1.29, 1.82) is 0 Å². The van der Waals surface area contributed by atoms with E-state index in [9.17, 15) is 4.79 Å². The molecular weight excluding hydrogens is 178 g/mol. The van der Waals surface area contributed by atoms with E-state index in [-0.39, 0.29) is 5.97 Å². The molecular formula is C11H13NO2. The molecule has 0 radical (unpaired) electrons. The molecule has 0 aliphatic carbocycles. The first-order chi connectivity index (χ1) is 6.69. The molecule has 0 aliphatic rings. The lowest BCUT2D eigenvalue weighted by atomic mass is 10.1. The Kier molecular flexibility index (Phi) is 3.29. The molecule has 1 rings (SSSR count). The second-order valence-corrected chi connectivity index (χ2v) is 2.77. The van der Waals surface area contributed by atoms with Gasteiger partial charge in [-0.1, -0.05) is 18.7 Å². The van der Waals surface area contributed by atoms with Gasteiger partial charge in [0.2, 0.25) is 0 Å². The van der Waals surface area contributed by atoms with Gasteiger partial charge in [0, 0.05) is 25.2 Å². The largest absolute Gasteiger partial charge is 0.426 e. The first-order valence-electron chi connectivity index (χ1n) is 4.30. The molecule has 0 unspecified atom stereocenters. The third kappa shape index (κ3) is 2.13. The molecule has 1 N–H and O–H groups in total. The van der Waals surface area contributed by atoms with Crippen molar-refractivity contribution >= 4 is 17.7 Å². The Labute approximate surface area is 83.4 Å². The molecule has 1 aromatic carbocycles. The van der Waals surface area contributed by atoms with Crippen LogP contribution in [0.1, 0.15) is 12.5 Å². The molecule has 3 heteroatoms. The summed E-state index contributed by atoms with van der Waals surface area (Å²) in [5.41, 5.74) is 1.68. The fourth-order valence-electron chi connectivity index (χ4n) is 1.22. The van der Waals surface area contributed by atoms with Crippen LogP contribution in [0.25, 0.3) is 6.08 Å². The SMILES string of the molecule is C=Cc1c(NC)cccc1OC(C)=O. The van der Waals surface area contributed by atoms with Crippen molar-refractivity contribution in [3.63, 3.8) is 0 Å². The number of ether oxygens (including phenoxy) is 1. The lowest BCUT2D eigenvalue weighted by molar-refractivity contribution is -0.131. The maximum Gasteiger partial charge on any atom is 0.308 e. The molecule has 0 heterocycles. The fraction of sp³-hybridized carbons (Fsp3) is 0.182. The molecule has 0 amide bonds. The lowest BCUT2D eigenvalue weighted by Crippen LogP contribution is -2.04. The Morgan fingerprint density at radius 1 is 1.57 bits per heavy atom. The molecule has 0 aromatic heterocycles. The molecule has 74 valence electrons. The fourth-order valence-corrected chi connectivity index (χ4v) is 1.22. The van der Waals surface area contributed by atoms with E-state index >= 15 is 0 Å². The van der Waals surface area contributed by atoms with Crippen molar-refractivity contribution < 1.29 is 9.53 Å². The minimum absolute atomic E-state index is 0.332. The van der Waals surface area contributed by atoms with Gasteiger partial charge in [-0.15, -0.1) is 0 Å². The van der Waals surface area contributed by atoms with Gasteiger partial charge >= 0.3 is 5.97 Å². The first kappa shape index (κ1) is 10.3. The van der Waals surface area contributed by atoms with E-state index in [2.05, 4.69) is 11.9 Å². The average Bonchev–Trinajstić information content (AvgIpc) is 2.16. The average molecular weight is 191 g/mol. The van der Waals surface area contributed by atoms with Crippen molar-refractivity contribution in [3.8, 4) is 5.75 Å². The van der Waals surface area contributed by atoms with E-state index in [1.165, 1.54) is 6.92 Å². The summed E-state index contributed by atoms with van der Waals surface area (Å²) in [5.74, 6) is 0.195. The topological polar surface area (TPSA) is 38.3 Å². The lowest BCUT2D eigenvalue weighted by Gasteiger charge is -2.10. The highest BCUT2D eigenvalue weighted by Gasteiger charge is 2.06. The summed E-state index contributed by atoms with van der Waals surface area (Å²) >= 11 is 0. The number of rotatable bonds is 3. The summed E-state index contributed by atoms with van der Waals surface area (Å²) in [6, 6.07) is 5.44. The van der Waals surface area contributed by atoms with Gasteiger partial charge in [-0.2, -0.15) is 0 Å². The standard InChI is InChI=1S/C11H13NO2/c1-4-9-10(12-3)6-5-7-11(9)14-8(2)13/h4-7,12H,1H2,2-3H3. The van der Waals surface area contributed by atoms with Crippen LogP contribution >= 0.6 is 0 Å². The summed E-state index contributed by atoms with van der Waals surface area (Å²) in [7, 11) is 1.81. The number of benzene rings is 1. The van der Waals surface area contributed by atoms with Crippen LogP contribution in [-0.2, 0) is 4.79 Å². The van der Waals surface area contributed by atoms with E-state index in [0.717, 1.165) is 11.3 Å². The number of anilines is 1. The second-order valence-electron chi connectivity index (χ2n) is 2.77. The summed E-state index contributed by atoms with van der Waals surface area (Å²) < 4.78 is 5.03. The first-order valence-corrected chi connectivity index (χ1v) is 4.30. The van der Waals surface area contributed by atoms with E-state index in [1.807, 2.05) is 12.1 Å². The van der Waals surface area contributed by atoms with Crippen LogP contribution in [0.15, 0.2) is 24.8 Å². The molecule has 0 aliphatic heterocycles. The normalized spacial score (nSPS) is 9.29. The van der Waals surface area contributed by atoms with Crippen LogP contribution in [0.4, 0.5) is 5.69 Å². The molecule has 0 bridgehead atoms. The zero-order valence-corrected chi connectivity index (χ0v) is 8.33. The quantitative estimate of drug-likeness (QED) is 0.588. The predicted molar refractivity (Wildman–Crippen MR) is 57.4 cm³/mol. The van der Waals surface area contributed by atoms with E-state index < -0.39 is 0 Å². The summed E-state index contributed by atoms with van der Waals surface area (Å²) in [4.78, 5) is 10.8. The van der Waals surface area contributed by atoms with Gasteiger partial charge < -0.3 is 10.1 Å². The number of carbonyl (C=O) groups excluding carboxylic acids is 1. The number of esters is 1. The molecule has 0 spiro atoms. The third-order valence-electron chi connectivity index (χ3n) is 1.79. The summed E-state index contributed by atoms with van der Waals surface area (Å²) in [6.07, 6.45) is 1.66. The third-order valence-corrected chi connectivity index (χ3v) is 1.79. The molecule has 0 saturated carbocycles. The van der Waals surface area contributed by atoms with Crippen LogP contribution in [0, 0.1) is 0 Å². The zero-order chi connectivity index (χ0) is 10.6. The van der Waals surface area contributed by atoms with Gasteiger partial charge in [0.1, 0.15) is 5.75 Å². The summed E-state index contributed by atoms with van der Waals surface area (Å²) in [5, 5.41) is 3.00. The van der Waals surface area contributed by atoms with Crippen LogP contribution < -0.4 is 10.1 Å². The van der Waals surface area contributed by atoms with Gasteiger partial charge in [-0.05, 0) is 12.1 Å². The molecule has 0 fully saturated rings. The number of hydrogen-bond acceptors (Lipinski definition) is 3. The maximum atomic E-state index is 10.8. The van der Waals surface area contributed by atoms with Gasteiger partial charge in [-0.25, -0.2) is 0 Å². The van der Waals surface area contributed by atoms with Gasteiger partial charge in [-0.3, -0.25) is 4.79 Å². The van der Waals surface area contributed by atoms with Crippen molar-refractivity contribution in [2.45, 2.75) is 6.92 Å². The van der Waals surface area contributed by atoms with Crippen molar-refractivity contribution in [2.24, 2.45) is 0 Å². The highest BCUT2D eigenvalue weighted by molar-refractivity contribution is 5.76. The van der Waals surface area contributed by atoms with E-state index in [4.69, 9.17) is 4.74 Å². The van der Waals surface area contributed by atoms with Crippen molar-refractivity contribution in [1.82, 2.24) is 0 Å². The van der Waals surface area contributed by atoms with Crippen LogP contribution in [0.3, 0.4) is 0 Å². The molecule has 14 heavy (non-hydrogen) atoms. The number of hydrogen-bond donors (Lipinski definition) is 1. The number of nitrogens with one attached hydrogen (secondary N) is 1. The van der Waals surface area contributed by atoms with Crippen molar-refractivity contribution in [2.75, 3.05) is 12.4 Å². The maximum absolute atomic E-state index is 10.8. The van der Waals surface area contributed by atoms with Crippen LogP contribution in [0.2, 0.25) is 0 Å². The molecule has 0 atom stereocenters. The molecule has 1 aromatic rings. The number of carbonyl (C=O) groups is 1. The van der Waals surface area contributed by atoms with Crippen LogP contribution in [-0.4, -0.2) is 13.0 Å². The highest BCUT2D eigenvalue weighted by Crippen LogP contribution is 2.27. The van der Waals surface area contributed by atoms with Gasteiger partial charge in [0.05, 0.1) is 0 Å². The highest BCUT2D eigenvalue weighted by atomic mass is 16.5. The monoisotopic (exact) mass is 191 g/mol. The zero-order valence-electron chi connectivity index (χ0n) is 8.33. The Morgan fingerprint density at radius 2 is 2.29 bits per heavy atom. The van der Waals surface area contributed by atoms with Crippen molar-refractivity contribution in [3.05, 3.63) is 30.3 Å². The van der Waals surface area contributed by atoms with E-state index in [1.54, 1.807) is 19.2 Å². The van der Waals surface area contributed by atoms with Gasteiger partial charge in [0.15, 0.2) is 0 Å². The molecule has 0 saturated heterocycles. The predicted octanol–water partition coefficient (Wildman–Crippen LogP) is 2.30. The Bertz CT molecular complexity index is 358. The Balaban J connectivity index is 3.14.